The number of hydrogen-bond donors (Lipinski definition) is 1. The first-order valence-electron chi connectivity index (χ1n) is 5.54. The lowest BCUT2D eigenvalue weighted by molar-refractivity contribution is 0.252. The molecule has 0 heterocycles. The van der Waals surface area contributed by atoms with Gasteiger partial charge in [-0.05, 0) is 24.8 Å². The Balaban J connectivity index is 2.00. The Morgan fingerprint density at radius 1 is 1.38 bits per heavy atom. The second-order valence-corrected chi connectivity index (χ2v) is 4.67. The smallest absolute Gasteiger partial charge is 0.145 e. The molecule has 0 unspecified atom stereocenters. The van der Waals surface area contributed by atoms with Crippen molar-refractivity contribution in [2.45, 2.75) is 25.7 Å². The predicted molar refractivity (Wildman–Crippen MR) is 63.3 cm³/mol. The van der Waals surface area contributed by atoms with Gasteiger partial charge in [-0.15, -0.1) is 0 Å². The number of rotatable bonds is 3. The second-order valence-electron chi connectivity index (χ2n) is 4.27. The van der Waals surface area contributed by atoms with Gasteiger partial charge >= 0.3 is 0 Å². The molecule has 0 aromatic heterocycles. The molecule has 0 saturated heterocycles. The summed E-state index contributed by atoms with van der Waals surface area (Å²) < 4.78 is 18.7. The van der Waals surface area contributed by atoms with Crippen LogP contribution >= 0.6 is 11.6 Å². The fourth-order valence-corrected chi connectivity index (χ4v) is 2.23. The SMILES string of the molecule is Nc1cc(Cl)c(F)cc1OCC1CCCC1. The van der Waals surface area contributed by atoms with Crippen molar-refractivity contribution in [3.63, 3.8) is 0 Å². The van der Waals surface area contributed by atoms with E-state index in [-0.39, 0.29) is 5.02 Å². The van der Waals surface area contributed by atoms with Gasteiger partial charge in [0.15, 0.2) is 0 Å². The summed E-state index contributed by atoms with van der Waals surface area (Å²) >= 11 is 5.60. The van der Waals surface area contributed by atoms with Crippen molar-refractivity contribution in [1.82, 2.24) is 0 Å². The Bertz CT molecular complexity index is 378. The van der Waals surface area contributed by atoms with Crippen molar-refractivity contribution in [3.05, 3.63) is 23.0 Å². The van der Waals surface area contributed by atoms with Crippen LogP contribution in [0.5, 0.6) is 5.75 Å². The summed E-state index contributed by atoms with van der Waals surface area (Å²) in [6.45, 7) is 0.616. The molecule has 1 aromatic carbocycles. The van der Waals surface area contributed by atoms with Crippen LogP contribution in [0, 0.1) is 11.7 Å². The summed E-state index contributed by atoms with van der Waals surface area (Å²) in [4.78, 5) is 0. The van der Waals surface area contributed by atoms with Crippen LogP contribution in [0.2, 0.25) is 5.02 Å². The minimum Gasteiger partial charge on any atom is -0.491 e. The number of anilines is 1. The maximum Gasteiger partial charge on any atom is 0.145 e. The van der Waals surface area contributed by atoms with Crippen LogP contribution in [0.3, 0.4) is 0 Å². The van der Waals surface area contributed by atoms with Gasteiger partial charge in [0.1, 0.15) is 11.6 Å². The molecule has 88 valence electrons. The first kappa shape index (κ1) is 11.5. The molecular weight excluding hydrogens is 229 g/mol. The van der Waals surface area contributed by atoms with Gasteiger partial charge in [0, 0.05) is 6.07 Å². The molecular formula is C12H15ClFNO. The highest BCUT2D eigenvalue weighted by Gasteiger charge is 2.16. The molecule has 0 atom stereocenters. The van der Waals surface area contributed by atoms with Crippen LogP contribution in [-0.4, -0.2) is 6.61 Å². The standard InChI is InChI=1S/C12H15ClFNO/c13-9-5-11(15)12(6-10(9)14)16-7-8-3-1-2-4-8/h5-6,8H,1-4,7,15H2. The third-order valence-corrected chi connectivity index (χ3v) is 3.29. The predicted octanol–water partition coefficient (Wildman–Crippen LogP) is 3.63. The zero-order valence-electron chi connectivity index (χ0n) is 9.01. The number of nitrogens with two attached hydrogens (primary N) is 1. The molecule has 1 aliphatic carbocycles. The number of hydrogen-bond acceptors (Lipinski definition) is 2. The van der Waals surface area contributed by atoms with E-state index in [0.29, 0.717) is 24.0 Å². The van der Waals surface area contributed by atoms with Crippen LogP contribution in [0.15, 0.2) is 12.1 Å². The Morgan fingerprint density at radius 3 is 2.75 bits per heavy atom. The monoisotopic (exact) mass is 243 g/mol. The molecule has 0 radical (unpaired) electrons. The Kier molecular flexibility index (Phi) is 3.54. The Hall–Kier alpha value is -0.960. The van der Waals surface area contributed by atoms with E-state index in [1.54, 1.807) is 0 Å². The van der Waals surface area contributed by atoms with Gasteiger partial charge in [0.25, 0.3) is 0 Å². The summed E-state index contributed by atoms with van der Waals surface area (Å²) in [6.07, 6.45) is 4.91. The molecule has 0 amide bonds. The van der Waals surface area contributed by atoms with Crippen LogP contribution in [-0.2, 0) is 0 Å². The third kappa shape index (κ3) is 2.59. The van der Waals surface area contributed by atoms with Gasteiger partial charge in [-0.3, -0.25) is 0 Å². The highest BCUT2D eigenvalue weighted by atomic mass is 35.5. The Labute approximate surface area is 99.5 Å². The van der Waals surface area contributed by atoms with Crippen molar-refractivity contribution in [1.29, 1.82) is 0 Å². The van der Waals surface area contributed by atoms with Crippen LogP contribution in [0.25, 0.3) is 0 Å². The molecule has 1 saturated carbocycles. The molecule has 4 heteroatoms. The zero-order chi connectivity index (χ0) is 11.5. The largest absolute Gasteiger partial charge is 0.491 e. The van der Waals surface area contributed by atoms with Gasteiger partial charge in [-0.1, -0.05) is 24.4 Å². The van der Waals surface area contributed by atoms with Crippen LogP contribution in [0.1, 0.15) is 25.7 Å². The first-order chi connectivity index (χ1) is 7.66. The highest BCUT2D eigenvalue weighted by molar-refractivity contribution is 6.31. The maximum absolute atomic E-state index is 13.2. The number of ether oxygens (including phenoxy) is 1. The van der Waals surface area contributed by atoms with Gasteiger partial charge in [0.2, 0.25) is 0 Å². The number of halogens is 2. The summed E-state index contributed by atoms with van der Waals surface area (Å²) in [5.74, 6) is 0.490. The summed E-state index contributed by atoms with van der Waals surface area (Å²) in [5.41, 5.74) is 6.09. The van der Waals surface area contributed by atoms with Crippen molar-refractivity contribution in [2.24, 2.45) is 5.92 Å². The van der Waals surface area contributed by atoms with E-state index in [1.165, 1.54) is 37.8 Å². The Morgan fingerprint density at radius 2 is 2.06 bits per heavy atom. The molecule has 2 N–H and O–H groups in total. The summed E-state index contributed by atoms with van der Waals surface area (Å²) in [5, 5.41) is 0.0331. The van der Waals surface area contributed by atoms with Crippen molar-refractivity contribution in [2.75, 3.05) is 12.3 Å². The van der Waals surface area contributed by atoms with Crippen molar-refractivity contribution in [3.8, 4) is 5.75 Å². The molecule has 2 rings (SSSR count). The maximum atomic E-state index is 13.2. The second kappa shape index (κ2) is 4.91. The molecule has 0 bridgehead atoms. The van der Waals surface area contributed by atoms with Gasteiger partial charge < -0.3 is 10.5 Å². The first-order valence-corrected chi connectivity index (χ1v) is 5.92. The average molecular weight is 244 g/mol. The lowest BCUT2D eigenvalue weighted by Crippen LogP contribution is -2.09. The molecule has 2 nitrogen and oxygen atoms in total. The van der Waals surface area contributed by atoms with E-state index in [2.05, 4.69) is 0 Å². The molecule has 1 aromatic rings. The topological polar surface area (TPSA) is 35.2 Å². The minimum absolute atomic E-state index is 0.0331. The van der Waals surface area contributed by atoms with Crippen molar-refractivity contribution >= 4 is 17.3 Å². The summed E-state index contributed by atoms with van der Waals surface area (Å²) in [7, 11) is 0. The lowest BCUT2D eigenvalue weighted by Gasteiger charge is -2.13. The number of nitrogen functional groups attached to an aromatic ring is 1. The van der Waals surface area contributed by atoms with E-state index >= 15 is 0 Å². The minimum atomic E-state index is -0.489. The van der Waals surface area contributed by atoms with E-state index in [9.17, 15) is 4.39 Å². The van der Waals surface area contributed by atoms with Gasteiger partial charge in [-0.2, -0.15) is 0 Å². The van der Waals surface area contributed by atoms with E-state index in [4.69, 9.17) is 22.1 Å². The molecule has 0 spiro atoms. The van der Waals surface area contributed by atoms with Crippen LogP contribution < -0.4 is 10.5 Å². The molecule has 0 aliphatic heterocycles. The molecule has 16 heavy (non-hydrogen) atoms. The third-order valence-electron chi connectivity index (χ3n) is 3.00. The van der Waals surface area contributed by atoms with Gasteiger partial charge in [0.05, 0.1) is 17.3 Å². The van der Waals surface area contributed by atoms with E-state index in [0.717, 1.165) is 0 Å². The summed E-state index contributed by atoms with van der Waals surface area (Å²) in [6, 6.07) is 2.65. The zero-order valence-corrected chi connectivity index (χ0v) is 9.77. The highest BCUT2D eigenvalue weighted by Crippen LogP contribution is 2.30. The number of benzene rings is 1. The quantitative estimate of drug-likeness (QED) is 0.823. The molecule has 1 fully saturated rings. The van der Waals surface area contributed by atoms with Crippen molar-refractivity contribution < 1.29 is 9.13 Å². The van der Waals surface area contributed by atoms with Crippen LogP contribution in [0.4, 0.5) is 10.1 Å². The average Bonchev–Trinajstić information content (AvgIpc) is 2.74. The fraction of sp³-hybridized carbons (Fsp3) is 0.500. The van der Waals surface area contributed by atoms with Gasteiger partial charge in [-0.25, -0.2) is 4.39 Å². The lowest BCUT2D eigenvalue weighted by atomic mass is 10.1. The van der Waals surface area contributed by atoms with E-state index in [1.807, 2.05) is 0 Å². The normalized spacial score (nSPS) is 16.6. The fourth-order valence-electron chi connectivity index (χ4n) is 2.05. The van der Waals surface area contributed by atoms with E-state index < -0.39 is 5.82 Å². The molecule has 1 aliphatic rings.